The van der Waals surface area contributed by atoms with Crippen molar-refractivity contribution in [2.45, 2.75) is 37.6 Å². The molecule has 21 heavy (non-hydrogen) atoms. The van der Waals surface area contributed by atoms with Gasteiger partial charge in [0.15, 0.2) is 0 Å². The van der Waals surface area contributed by atoms with Crippen LogP contribution in [0.2, 0.25) is 0 Å². The number of carboxylic acid groups (broad SMARTS) is 1. The Hall–Kier alpha value is -1.40. The van der Waals surface area contributed by atoms with E-state index >= 15 is 0 Å². The minimum Gasteiger partial charge on any atom is -0.480 e. The van der Waals surface area contributed by atoms with Crippen LogP contribution in [0.1, 0.15) is 36.3 Å². The first kappa shape index (κ1) is 16.0. The molecule has 0 amide bonds. The lowest BCUT2D eigenvalue weighted by Crippen LogP contribution is -2.32. The van der Waals surface area contributed by atoms with Crippen molar-refractivity contribution in [2.24, 2.45) is 5.73 Å². The highest BCUT2D eigenvalue weighted by molar-refractivity contribution is 7.92. The largest absolute Gasteiger partial charge is 0.480 e. The molecule has 0 aliphatic heterocycles. The molecule has 0 heterocycles. The number of nitrogens with two attached hydrogens (primary N) is 1. The normalized spacial score (nSPS) is 18.9. The smallest absolute Gasteiger partial charge is 0.320 e. The summed E-state index contributed by atoms with van der Waals surface area (Å²) in [5, 5.41) is 8.71. The van der Waals surface area contributed by atoms with Gasteiger partial charge in [-0.2, -0.15) is 0 Å². The van der Waals surface area contributed by atoms with E-state index in [1.807, 2.05) is 18.2 Å². The summed E-state index contributed by atoms with van der Waals surface area (Å²) in [6.45, 7) is 0. The zero-order valence-electron chi connectivity index (χ0n) is 12.0. The van der Waals surface area contributed by atoms with Crippen molar-refractivity contribution < 1.29 is 14.1 Å². The van der Waals surface area contributed by atoms with Crippen LogP contribution >= 0.6 is 0 Å². The van der Waals surface area contributed by atoms with E-state index in [0.717, 1.165) is 0 Å². The molecule has 1 aromatic carbocycles. The van der Waals surface area contributed by atoms with Gasteiger partial charge in [0.1, 0.15) is 6.04 Å². The van der Waals surface area contributed by atoms with Gasteiger partial charge in [-0.15, -0.1) is 0 Å². The van der Waals surface area contributed by atoms with Gasteiger partial charge in [0.05, 0.1) is 0 Å². The monoisotopic (exact) mass is 310 g/mol. The van der Waals surface area contributed by atoms with Gasteiger partial charge in [-0.1, -0.05) is 24.3 Å². The molecule has 1 unspecified atom stereocenters. The van der Waals surface area contributed by atoms with Crippen LogP contribution in [0.15, 0.2) is 24.3 Å². The van der Waals surface area contributed by atoms with Crippen LogP contribution in [0.4, 0.5) is 0 Å². The number of benzene rings is 1. The Labute approximate surface area is 125 Å². The van der Waals surface area contributed by atoms with Gasteiger partial charge in [-0.25, -0.2) is 4.21 Å². The molecule has 1 fully saturated rings. The molecule has 116 valence electrons. The molecule has 0 spiro atoms. The van der Waals surface area contributed by atoms with Crippen LogP contribution < -0.4 is 5.73 Å². The topological polar surface area (TPSA) is 104 Å². The van der Waals surface area contributed by atoms with Crippen LogP contribution in [0.5, 0.6) is 0 Å². The van der Waals surface area contributed by atoms with Gasteiger partial charge in [0.2, 0.25) is 0 Å². The third kappa shape index (κ3) is 4.82. The second-order valence-electron chi connectivity index (χ2n) is 5.68. The van der Waals surface area contributed by atoms with Crippen molar-refractivity contribution >= 4 is 15.7 Å². The van der Waals surface area contributed by atoms with Crippen LogP contribution in [-0.4, -0.2) is 32.8 Å². The van der Waals surface area contributed by atoms with Crippen molar-refractivity contribution in [3.63, 3.8) is 0 Å². The van der Waals surface area contributed by atoms with Crippen molar-refractivity contribution in [2.75, 3.05) is 11.5 Å². The molecule has 1 aliphatic carbocycles. The molecule has 4 N–H and O–H groups in total. The first-order valence-corrected chi connectivity index (χ1v) is 9.09. The lowest BCUT2D eigenvalue weighted by Gasteiger charge is -2.12. The lowest BCUT2D eigenvalue weighted by molar-refractivity contribution is -0.138. The number of hydrogen-bond donors (Lipinski definition) is 3. The summed E-state index contributed by atoms with van der Waals surface area (Å²) in [4.78, 5) is 10.6. The number of aryl methyl sites for hydroxylation is 1. The maximum absolute atomic E-state index is 12.2. The summed E-state index contributed by atoms with van der Waals surface area (Å²) >= 11 is 0. The standard InChI is InChI=1S/C15H22N2O3S/c16-14(15(18)19)8-10-21(17,20)9-7-11-3-1-2-4-13(11)12-5-6-12/h1-4,12,14,17H,5-10,16H2,(H,18,19)/t14-,21?/m0/s1. The van der Waals surface area contributed by atoms with Gasteiger partial charge in [-0.05, 0) is 42.7 Å². The molecule has 1 saturated carbocycles. The average molecular weight is 310 g/mol. The quantitative estimate of drug-likeness (QED) is 0.682. The molecule has 5 nitrogen and oxygen atoms in total. The van der Waals surface area contributed by atoms with Gasteiger partial charge >= 0.3 is 5.97 Å². The molecule has 1 aliphatic rings. The average Bonchev–Trinajstić information content (AvgIpc) is 3.27. The van der Waals surface area contributed by atoms with Gasteiger partial charge in [0, 0.05) is 21.2 Å². The highest BCUT2D eigenvalue weighted by Gasteiger charge is 2.25. The van der Waals surface area contributed by atoms with Crippen LogP contribution in [0.3, 0.4) is 0 Å². The molecule has 2 atom stereocenters. The number of rotatable bonds is 8. The highest BCUT2D eigenvalue weighted by Crippen LogP contribution is 2.41. The molecule has 6 heteroatoms. The fraction of sp³-hybridized carbons (Fsp3) is 0.533. The summed E-state index contributed by atoms with van der Waals surface area (Å²) in [5.74, 6) is -0.164. The molecule has 0 bridgehead atoms. The second kappa shape index (κ2) is 6.58. The van der Waals surface area contributed by atoms with E-state index in [-0.39, 0.29) is 17.9 Å². The minimum atomic E-state index is -2.77. The summed E-state index contributed by atoms with van der Waals surface area (Å²) in [6.07, 6.45) is 3.11. The Morgan fingerprint density at radius 3 is 2.67 bits per heavy atom. The van der Waals surface area contributed by atoms with E-state index in [1.165, 1.54) is 24.0 Å². The summed E-state index contributed by atoms with van der Waals surface area (Å²) < 4.78 is 20.1. The van der Waals surface area contributed by atoms with E-state index in [2.05, 4.69) is 6.07 Å². The number of hydrogen-bond acceptors (Lipinski definition) is 4. The Balaban J connectivity index is 1.91. The highest BCUT2D eigenvalue weighted by atomic mass is 32.2. The van der Waals surface area contributed by atoms with E-state index in [0.29, 0.717) is 12.3 Å². The van der Waals surface area contributed by atoms with Crippen molar-refractivity contribution in [3.05, 3.63) is 35.4 Å². The van der Waals surface area contributed by atoms with Gasteiger partial charge in [-0.3, -0.25) is 9.57 Å². The zero-order chi connectivity index (χ0) is 15.5. The third-order valence-electron chi connectivity index (χ3n) is 3.85. The third-order valence-corrected chi connectivity index (χ3v) is 5.61. The Morgan fingerprint density at radius 1 is 1.38 bits per heavy atom. The SMILES string of the molecule is N=S(=O)(CCc1ccccc1C1CC1)CC[C@H](N)C(=O)O. The number of carbonyl (C=O) groups is 1. The summed E-state index contributed by atoms with van der Waals surface area (Å²) in [7, 11) is -2.77. The molecule has 0 aromatic heterocycles. The number of aliphatic carboxylic acids is 1. The Morgan fingerprint density at radius 2 is 2.05 bits per heavy atom. The molecule has 2 rings (SSSR count). The molecule has 1 aromatic rings. The summed E-state index contributed by atoms with van der Waals surface area (Å²) in [6, 6.07) is 7.09. The summed E-state index contributed by atoms with van der Waals surface area (Å²) in [5.41, 5.74) is 7.88. The van der Waals surface area contributed by atoms with Crippen molar-refractivity contribution in [1.29, 1.82) is 4.78 Å². The fourth-order valence-electron chi connectivity index (χ4n) is 2.37. The van der Waals surface area contributed by atoms with Crippen LogP contribution in [0, 0.1) is 4.78 Å². The van der Waals surface area contributed by atoms with Gasteiger partial charge in [0.25, 0.3) is 0 Å². The number of carboxylic acids is 1. The second-order valence-corrected chi connectivity index (χ2v) is 8.12. The lowest BCUT2D eigenvalue weighted by atomic mass is 10.0. The molecule has 0 radical (unpaired) electrons. The van der Waals surface area contributed by atoms with E-state index in [1.54, 1.807) is 0 Å². The fourth-order valence-corrected chi connectivity index (χ4v) is 3.76. The molecular formula is C15H22N2O3S. The van der Waals surface area contributed by atoms with E-state index < -0.39 is 21.7 Å². The zero-order valence-corrected chi connectivity index (χ0v) is 12.8. The van der Waals surface area contributed by atoms with E-state index in [4.69, 9.17) is 15.6 Å². The first-order valence-electron chi connectivity index (χ1n) is 7.19. The minimum absolute atomic E-state index is 0.0477. The Kier molecular flexibility index (Phi) is 5.00. The predicted octanol–water partition coefficient (Wildman–Crippen LogP) is 1.96. The predicted molar refractivity (Wildman–Crippen MR) is 82.9 cm³/mol. The first-order chi connectivity index (χ1) is 9.89. The van der Waals surface area contributed by atoms with E-state index in [9.17, 15) is 9.00 Å². The maximum Gasteiger partial charge on any atom is 0.320 e. The van der Waals surface area contributed by atoms with Crippen LogP contribution in [-0.2, 0) is 20.9 Å². The van der Waals surface area contributed by atoms with Crippen molar-refractivity contribution in [3.8, 4) is 0 Å². The number of nitrogens with one attached hydrogen (secondary N) is 1. The maximum atomic E-state index is 12.2. The van der Waals surface area contributed by atoms with Crippen LogP contribution in [0.25, 0.3) is 0 Å². The van der Waals surface area contributed by atoms with Crippen molar-refractivity contribution in [1.82, 2.24) is 0 Å². The van der Waals surface area contributed by atoms with Gasteiger partial charge < -0.3 is 10.8 Å². The molecular weight excluding hydrogens is 288 g/mol. The Bertz CT molecular complexity index is 609. The molecule has 0 saturated heterocycles.